The Labute approximate surface area is 117 Å². The normalized spacial score (nSPS) is 22.9. The molecule has 7 heteroatoms. The Morgan fingerprint density at radius 3 is 3.00 bits per heavy atom. The lowest BCUT2D eigenvalue weighted by molar-refractivity contribution is 0.178. The Morgan fingerprint density at radius 2 is 2.20 bits per heavy atom. The summed E-state index contributed by atoms with van der Waals surface area (Å²) in [7, 11) is 1.79. The van der Waals surface area contributed by atoms with Gasteiger partial charge in [-0.2, -0.15) is 9.97 Å². The SMILES string of the molecule is CNc1nc(NC2CCCCC2CO)c2[nH]cnc2n1. The van der Waals surface area contributed by atoms with Gasteiger partial charge in [-0.05, 0) is 12.8 Å². The van der Waals surface area contributed by atoms with E-state index in [2.05, 4.69) is 30.6 Å². The Morgan fingerprint density at radius 1 is 1.35 bits per heavy atom. The molecule has 7 nitrogen and oxygen atoms in total. The van der Waals surface area contributed by atoms with Crippen LogP contribution in [-0.2, 0) is 0 Å². The third-order valence-corrected chi connectivity index (χ3v) is 3.97. The van der Waals surface area contributed by atoms with E-state index in [1.54, 1.807) is 13.4 Å². The number of aromatic nitrogens is 4. The molecule has 0 aromatic carbocycles. The molecule has 1 aliphatic rings. The number of aliphatic hydroxyl groups is 1. The second kappa shape index (κ2) is 5.62. The number of hydrogen-bond donors (Lipinski definition) is 4. The number of aliphatic hydroxyl groups excluding tert-OH is 1. The van der Waals surface area contributed by atoms with E-state index in [0.717, 1.165) is 24.2 Å². The van der Waals surface area contributed by atoms with Gasteiger partial charge in [0.2, 0.25) is 5.95 Å². The molecule has 2 aromatic heterocycles. The summed E-state index contributed by atoms with van der Waals surface area (Å²) >= 11 is 0. The van der Waals surface area contributed by atoms with Crippen LogP contribution in [0.3, 0.4) is 0 Å². The molecule has 108 valence electrons. The second-order valence-corrected chi connectivity index (χ2v) is 5.22. The van der Waals surface area contributed by atoms with Crippen LogP contribution in [0.2, 0.25) is 0 Å². The molecule has 1 fully saturated rings. The number of anilines is 2. The zero-order valence-corrected chi connectivity index (χ0v) is 11.6. The van der Waals surface area contributed by atoms with Crippen LogP contribution in [0.1, 0.15) is 25.7 Å². The van der Waals surface area contributed by atoms with E-state index in [4.69, 9.17) is 0 Å². The first-order valence-corrected chi connectivity index (χ1v) is 7.08. The van der Waals surface area contributed by atoms with Gasteiger partial charge in [-0.3, -0.25) is 0 Å². The van der Waals surface area contributed by atoms with Crippen molar-refractivity contribution in [2.45, 2.75) is 31.7 Å². The van der Waals surface area contributed by atoms with Gasteiger partial charge in [-0.25, -0.2) is 4.98 Å². The third kappa shape index (κ3) is 2.40. The van der Waals surface area contributed by atoms with E-state index in [0.29, 0.717) is 11.6 Å². The monoisotopic (exact) mass is 276 g/mol. The van der Waals surface area contributed by atoms with Gasteiger partial charge >= 0.3 is 0 Å². The van der Waals surface area contributed by atoms with Crippen LogP contribution in [-0.4, -0.2) is 44.7 Å². The van der Waals surface area contributed by atoms with Crippen molar-refractivity contribution >= 4 is 22.9 Å². The fourth-order valence-electron chi connectivity index (χ4n) is 2.84. The molecule has 4 N–H and O–H groups in total. The van der Waals surface area contributed by atoms with Crippen LogP contribution in [0.25, 0.3) is 11.2 Å². The number of aromatic amines is 1. The Hall–Kier alpha value is -1.89. The van der Waals surface area contributed by atoms with Crippen molar-refractivity contribution in [2.75, 3.05) is 24.3 Å². The van der Waals surface area contributed by atoms with Crippen molar-refractivity contribution in [1.29, 1.82) is 0 Å². The van der Waals surface area contributed by atoms with Gasteiger partial charge in [0, 0.05) is 25.6 Å². The minimum absolute atomic E-state index is 0.216. The topological polar surface area (TPSA) is 98.8 Å². The summed E-state index contributed by atoms with van der Waals surface area (Å²) < 4.78 is 0. The fraction of sp³-hybridized carbons (Fsp3) is 0.615. The highest BCUT2D eigenvalue weighted by atomic mass is 16.3. The van der Waals surface area contributed by atoms with E-state index < -0.39 is 0 Å². The summed E-state index contributed by atoms with van der Waals surface area (Å²) in [6.45, 7) is 0.216. The lowest BCUT2D eigenvalue weighted by Crippen LogP contribution is -2.34. The van der Waals surface area contributed by atoms with Gasteiger partial charge in [-0.1, -0.05) is 12.8 Å². The predicted molar refractivity (Wildman–Crippen MR) is 77.7 cm³/mol. The van der Waals surface area contributed by atoms with E-state index in [9.17, 15) is 5.11 Å². The first-order chi connectivity index (χ1) is 9.81. The minimum atomic E-state index is 0.216. The molecule has 0 amide bonds. The van der Waals surface area contributed by atoms with E-state index in [1.807, 2.05) is 0 Å². The molecular weight excluding hydrogens is 256 g/mol. The molecule has 2 aromatic rings. The fourth-order valence-corrected chi connectivity index (χ4v) is 2.84. The standard InChI is InChI=1S/C13H20N6O/c1-14-13-18-11-10(15-7-16-11)12(19-13)17-9-5-3-2-4-8(9)6-20/h7-9,20H,2-6H2,1H3,(H3,14,15,16,17,18,19). The van der Waals surface area contributed by atoms with Gasteiger partial charge in [-0.15, -0.1) is 0 Å². The summed E-state index contributed by atoms with van der Waals surface area (Å²) in [5.74, 6) is 1.58. The molecule has 1 saturated carbocycles. The Bertz CT molecular complexity index is 583. The molecule has 3 rings (SSSR count). The van der Waals surface area contributed by atoms with Crippen molar-refractivity contribution in [3.05, 3.63) is 6.33 Å². The molecule has 20 heavy (non-hydrogen) atoms. The molecule has 2 unspecified atom stereocenters. The van der Waals surface area contributed by atoms with Crippen molar-refractivity contribution in [3.8, 4) is 0 Å². The van der Waals surface area contributed by atoms with Crippen LogP contribution in [0.5, 0.6) is 0 Å². The number of rotatable bonds is 4. The van der Waals surface area contributed by atoms with Crippen molar-refractivity contribution in [3.63, 3.8) is 0 Å². The van der Waals surface area contributed by atoms with Gasteiger partial charge in [0.25, 0.3) is 0 Å². The number of H-pyrrole nitrogens is 1. The molecule has 2 atom stereocenters. The van der Waals surface area contributed by atoms with Crippen LogP contribution < -0.4 is 10.6 Å². The minimum Gasteiger partial charge on any atom is -0.396 e. The molecule has 0 saturated heterocycles. The van der Waals surface area contributed by atoms with Gasteiger partial charge in [0.05, 0.1) is 6.33 Å². The van der Waals surface area contributed by atoms with E-state index >= 15 is 0 Å². The van der Waals surface area contributed by atoms with Crippen LogP contribution >= 0.6 is 0 Å². The average Bonchev–Trinajstić information content (AvgIpc) is 2.96. The van der Waals surface area contributed by atoms with Crippen LogP contribution in [0.15, 0.2) is 6.33 Å². The molecule has 0 radical (unpaired) electrons. The first kappa shape index (κ1) is 13.1. The molecular formula is C13H20N6O. The van der Waals surface area contributed by atoms with Crippen molar-refractivity contribution < 1.29 is 5.11 Å². The van der Waals surface area contributed by atoms with Gasteiger partial charge < -0.3 is 20.7 Å². The highest BCUT2D eigenvalue weighted by Crippen LogP contribution is 2.28. The summed E-state index contributed by atoms with van der Waals surface area (Å²) in [5, 5.41) is 15.9. The molecule has 1 aliphatic carbocycles. The number of nitrogens with zero attached hydrogens (tertiary/aromatic N) is 3. The van der Waals surface area contributed by atoms with Crippen LogP contribution in [0, 0.1) is 5.92 Å². The van der Waals surface area contributed by atoms with Gasteiger partial charge in [0.15, 0.2) is 11.5 Å². The molecule has 2 heterocycles. The summed E-state index contributed by atoms with van der Waals surface area (Å²) in [6.07, 6.45) is 6.11. The number of hydrogen-bond acceptors (Lipinski definition) is 6. The van der Waals surface area contributed by atoms with E-state index in [1.165, 1.54) is 12.8 Å². The number of fused-ring (bicyclic) bond motifs is 1. The third-order valence-electron chi connectivity index (χ3n) is 3.97. The maximum atomic E-state index is 9.51. The zero-order valence-electron chi connectivity index (χ0n) is 11.6. The molecule has 0 aliphatic heterocycles. The average molecular weight is 276 g/mol. The number of nitrogens with one attached hydrogen (secondary N) is 3. The lowest BCUT2D eigenvalue weighted by atomic mass is 9.85. The van der Waals surface area contributed by atoms with E-state index in [-0.39, 0.29) is 18.6 Å². The molecule has 0 spiro atoms. The number of imidazole rings is 1. The zero-order chi connectivity index (χ0) is 13.9. The Balaban J connectivity index is 1.90. The van der Waals surface area contributed by atoms with Gasteiger partial charge in [0.1, 0.15) is 5.52 Å². The summed E-state index contributed by atoms with van der Waals surface area (Å²) in [5.41, 5.74) is 1.45. The predicted octanol–water partition coefficient (Wildman–Crippen LogP) is 1.36. The maximum Gasteiger partial charge on any atom is 0.226 e. The molecule has 0 bridgehead atoms. The largest absolute Gasteiger partial charge is 0.396 e. The van der Waals surface area contributed by atoms with Crippen molar-refractivity contribution in [2.24, 2.45) is 5.92 Å². The first-order valence-electron chi connectivity index (χ1n) is 7.08. The highest BCUT2D eigenvalue weighted by molar-refractivity contribution is 5.83. The Kier molecular flexibility index (Phi) is 3.68. The maximum absolute atomic E-state index is 9.51. The van der Waals surface area contributed by atoms with Crippen LogP contribution in [0.4, 0.5) is 11.8 Å². The quantitative estimate of drug-likeness (QED) is 0.673. The second-order valence-electron chi connectivity index (χ2n) is 5.22. The summed E-state index contributed by atoms with van der Waals surface area (Å²) in [6, 6.07) is 0.250. The smallest absolute Gasteiger partial charge is 0.226 e. The van der Waals surface area contributed by atoms with Crippen molar-refractivity contribution in [1.82, 2.24) is 19.9 Å². The summed E-state index contributed by atoms with van der Waals surface area (Å²) in [4.78, 5) is 16.0. The highest BCUT2D eigenvalue weighted by Gasteiger charge is 2.25. The lowest BCUT2D eigenvalue weighted by Gasteiger charge is -2.31.